The van der Waals surface area contributed by atoms with E-state index >= 15 is 0 Å². The number of carbonyl (C=O) groups is 1. The fourth-order valence-electron chi connectivity index (χ4n) is 0.857. The molecule has 0 fully saturated rings. The number of amides is 1. The van der Waals surface area contributed by atoms with Crippen molar-refractivity contribution in [2.45, 2.75) is 0 Å². The molecule has 0 aliphatic carbocycles. The van der Waals surface area contributed by atoms with Gasteiger partial charge >= 0.3 is 0 Å². The Balaban J connectivity index is 2.50. The van der Waals surface area contributed by atoms with E-state index in [0.717, 1.165) is 5.69 Å². The van der Waals surface area contributed by atoms with Crippen LogP contribution in [-0.2, 0) is 4.79 Å². The third-order valence-electron chi connectivity index (χ3n) is 1.40. The maximum Gasteiger partial charge on any atom is 0.248 e. The van der Waals surface area contributed by atoms with Gasteiger partial charge in [0.15, 0.2) is 0 Å². The summed E-state index contributed by atoms with van der Waals surface area (Å²) in [5.74, 6) is 0.189. The normalized spacial score (nSPS) is 10.2. The summed E-state index contributed by atoms with van der Waals surface area (Å²) in [6.07, 6.45) is 3.01. The van der Waals surface area contributed by atoms with Crippen molar-refractivity contribution in [3.8, 4) is 0 Å². The summed E-state index contributed by atoms with van der Waals surface area (Å²) in [5, 5.41) is 2.69. The summed E-state index contributed by atoms with van der Waals surface area (Å²) in [7, 11) is 0. The highest BCUT2D eigenvalue weighted by Crippen LogP contribution is 2.04. The molecular weight excluding hydrogens is 186 g/mol. The number of hydrogen-bond donors (Lipinski definition) is 1. The average Bonchev–Trinajstić information content (AvgIpc) is 2.16. The van der Waals surface area contributed by atoms with Crippen molar-refractivity contribution in [3.05, 3.63) is 42.5 Å². The Labute approximate surface area is 82.2 Å². The number of hydrogen-bond acceptors (Lipinski definition) is 1. The quantitative estimate of drug-likeness (QED) is 0.583. The van der Waals surface area contributed by atoms with Crippen LogP contribution in [0.25, 0.3) is 0 Å². The first-order valence-electron chi connectivity index (χ1n) is 3.91. The smallest absolute Gasteiger partial charge is 0.248 e. The third kappa shape index (κ3) is 3.76. The van der Waals surface area contributed by atoms with Gasteiger partial charge in [-0.3, -0.25) is 4.79 Å². The monoisotopic (exact) mass is 195 g/mol. The summed E-state index contributed by atoms with van der Waals surface area (Å²) in [5.41, 5.74) is 0.784. The zero-order valence-electron chi connectivity index (χ0n) is 7.03. The van der Waals surface area contributed by atoms with E-state index in [-0.39, 0.29) is 5.91 Å². The Morgan fingerprint density at radius 2 is 2.08 bits per heavy atom. The molecule has 3 heteroatoms. The van der Waals surface area contributed by atoms with E-state index in [2.05, 4.69) is 5.32 Å². The lowest BCUT2D eigenvalue weighted by Gasteiger charge is -1.99. The first kappa shape index (κ1) is 9.81. The minimum Gasteiger partial charge on any atom is -0.323 e. The van der Waals surface area contributed by atoms with Crippen LogP contribution in [0.15, 0.2) is 42.5 Å². The molecule has 0 radical (unpaired) electrons. The lowest BCUT2D eigenvalue weighted by Crippen LogP contribution is -2.07. The van der Waals surface area contributed by atoms with Crippen molar-refractivity contribution >= 4 is 23.2 Å². The summed E-state index contributed by atoms with van der Waals surface area (Å²) < 4.78 is 0. The minimum atomic E-state index is -0.160. The fourth-order valence-corrected chi connectivity index (χ4v) is 0.946. The van der Waals surface area contributed by atoms with Crippen LogP contribution in [0.5, 0.6) is 0 Å². The predicted molar refractivity (Wildman–Crippen MR) is 54.9 cm³/mol. The predicted octanol–water partition coefficient (Wildman–Crippen LogP) is 2.42. The Hall–Kier alpha value is -1.28. The highest BCUT2D eigenvalue weighted by molar-refractivity contribution is 6.19. The molecule has 1 aromatic rings. The largest absolute Gasteiger partial charge is 0.323 e. The van der Waals surface area contributed by atoms with Gasteiger partial charge in [-0.15, -0.1) is 11.6 Å². The van der Waals surface area contributed by atoms with E-state index in [0.29, 0.717) is 5.88 Å². The van der Waals surface area contributed by atoms with E-state index in [1.54, 1.807) is 6.08 Å². The molecule has 1 rings (SSSR count). The Morgan fingerprint density at radius 1 is 1.38 bits per heavy atom. The van der Waals surface area contributed by atoms with Crippen molar-refractivity contribution in [1.82, 2.24) is 0 Å². The van der Waals surface area contributed by atoms with Gasteiger partial charge in [-0.1, -0.05) is 24.3 Å². The molecule has 0 aliphatic rings. The van der Waals surface area contributed by atoms with Gasteiger partial charge in [-0.25, -0.2) is 0 Å². The molecular formula is C10H10ClNO. The summed E-state index contributed by atoms with van der Waals surface area (Å²) >= 11 is 5.38. The van der Waals surface area contributed by atoms with Crippen LogP contribution in [0.1, 0.15) is 0 Å². The maximum atomic E-state index is 11.1. The number of alkyl halides is 1. The highest BCUT2D eigenvalue weighted by atomic mass is 35.5. The number of benzene rings is 1. The second-order valence-corrected chi connectivity index (χ2v) is 2.72. The van der Waals surface area contributed by atoms with Gasteiger partial charge in [-0.05, 0) is 12.1 Å². The number of allylic oxidation sites excluding steroid dienone is 1. The molecule has 0 atom stereocenters. The van der Waals surface area contributed by atoms with Gasteiger partial charge < -0.3 is 5.32 Å². The molecule has 0 unspecified atom stereocenters. The van der Waals surface area contributed by atoms with Crippen LogP contribution in [0, 0.1) is 0 Å². The average molecular weight is 196 g/mol. The van der Waals surface area contributed by atoms with Crippen molar-refractivity contribution in [2.75, 3.05) is 11.2 Å². The van der Waals surface area contributed by atoms with Gasteiger partial charge in [-0.2, -0.15) is 0 Å². The minimum absolute atomic E-state index is 0.160. The molecule has 0 saturated carbocycles. The van der Waals surface area contributed by atoms with Crippen molar-refractivity contribution in [1.29, 1.82) is 0 Å². The topological polar surface area (TPSA) is 29.1 Å². The number of nitrogens with one attached hydrogen (secondary N) is 1. The van der Waals surface area contributed by atoms with E-state index in [9.17, 15) is 4.79 Å². The molecule has 68 valence electrons. The lowest BCUT2D eigenvalue weighted by molar-refractivity contribution is -0.111. The molecule has 1 N–H and O–H groups in total. The molecule has 0 aromatic heterocycles. The van der Waals surface area contributed by atoms with E-state index < -0.39 is 0 Å². The number of anilines is 1. The second kappa shape index (κ2) is 5.38. The van der Waals surface area contributed by atoms with Gasteiger partial charge in [0.05, 0.1) is 0 Å². The van der Waals surface area contributed by atoms with Crippen LogP contribution in [-0.4, -0.2) is 11.8 Å². The number of carbonyl (C=O) groups excluding carboxylic acids is 1. The third-order valence-corrected chi connectivity index (χ3v) is 1.58. The van der Waals surface area contributed by atoms with Crippen molar-refractivity contribution < 1.29 is 4.79 Å². The van der Waals surface area contributed by atoms with Crippen molar-refractivity contribution in [3.63, 3.8) is 0 Å². The summed E-state index contributed by atoms with van der Waals surface area (Å²) in [6.45, 7) is 0. The van der Waals surface area contributed by atoms with E-state index in [1.807, 2.05) is 30.3 Å². The Kier molecular flexibility index (Phi) is 4.06. The lowest BCUT2D eigenvalue weighted by atomic mass is 10.3. The van der Waals surface area contributed by atoms with Crippen LogP contribution in [0.4, 0.5) is 5.69 Å². The summed E-state index contributed by atoms with van der Waals surface area (Å²) in [4.78, 5) is 11.1. The molecule has 0 heterocycles. The first-order chi connectivity index (χ1) is 6.33. The molecule has 1 amide bonds. The zero-order chi connectivity index (χ0) is 9.52. The van der Waals surface area contributed by atoms with Gasteiger partial charge in [0.2, 0.25) is 5.91 Å². The van der Waals surface area contributed by atoms with Gasteiger partial charge in [0.25, 0.3) is 0 Å². The van der Waals surface area contributed by atoms with Crippen LogP contribution >= 0.6 is 11.6 Å². The SMILES string of the molecule is O=C(C=CCCl)Nc1ccccc1. The van der Waals surface area contributed by atoms with E-state index in [1.165, 1.54) is 6.08 Å². The second-order valence-electron chi connectivity index (χ2n) is 2.41. The molecule has 0 saturated heterocycles. The van der Waals surface area contributed by atoms with E-state index in [4.69, 9.17) is 11.6 Å². The summed E-state index contributed by atoms with van der Waals surface area (Å²) in [6, 6.07) is 9.27. The standard InChI is InChI=1S/C10H10ClNO/c11-8-4-7-10(13)12-9-5-2-1-3-6-9/h1-7H,8H2,(H,12,13). The highest BCUT2D eigenvalue weighted by Gasteiger charge is 1.94. The number of rotatable bonds is 3. The Bertz CT molecular complexity index is 295. The molecule has 0 bridgehead atoms. The Morgan fingerprint density at radius 3 is 2.69 bits per heavy atom. The van der Waals surface area contributed by atoms with Gasteiger partial charge in [0, 0.05) is 17.6 Å². The zero-order valence-corrected chi connectivity index (χ0v) is 7.79. The van der Waals surface area contributed by atoms with Crippen LogP contribution < -0.4 is 5.32 Å². The van der Waals surface area contributed by atoms with Gasteiger partial charge in [0.1, 0.15) is 0 Å². The van der Waals surface area contributed by atoms with Crippen LogP contribution in [0.2, 0.25) is 0 Å². The fraction of sp³-hybridized carbons (Fsp3) is 0.100. The molecule has 13 heavy (non-hydrogen) atoms. The molecule has 0 spiro atoms. The number of para-hydroxylation sites is 1. The molecule has 2 nitrogen and oxygen atoms in total. The van der Waals surface area contributed by atoms with Crippen LogP contribution in [0.3, 0.4) is 0 Å². The van der Waals surface area contributed by atoms with Crippen molar-refractivity contribution in [2.24, 2.45) is 0 Å². The first-order valence-corrected chi connectivity index (χ1v) is 4.45. The number of halogens is 1. The molecule has 0 aliphatic heterocycles. The molecule has 1 aromatic carbocycles. The maximum absolute atomic E-state index is 11.1.